The zero-order chi connectivity index (χ0) is 12.6. The molecule has 2 rings (SSSR count). The minimum atomic E-state index is 0.358. The van der Waals surface area contributed by atoms with E-state index >= 15 is 0 Å². The van der Waals surface area contributed by atoms with E-state index in [1.807, 2.05) is 12.4 Å². The third kappa shape index (κ3) is 4.07. The molecular formula is C15H24N2O. The molecule has 3 nitrogen and oxygen atoms in total. The van der Waals surface area contributed by atoms with Crippen LogP contribution in [0.5, 0.6) is 0 Å². The molecule has 1 saturated carbocycles. The van der Waals surface area contributed by atoms with Gasteiger partial charge in [-0.1, -0.05) is 12.8 Å². The van der Waals surface area contributed by atoms with E-state index in [1.54, 1.807) is 0 Å². The predicted molar refractivity (Wildman–Crippen MR) is 73.3 cm³/mol. The first kappa shape index (κ1) is 13.5. The topological polar surface area (TPSA) is 45.1 Å². The Morgan fingerprint density at radius 2 is 1.89 bits per heavy atom. The first-order valence-corrected chi connectivity index (χ1v) is 7.10. The number of aromatic nitrogens is 1. The Kier molecular flexibility index (Phi) is 5.62. The van der Waals surface area contributed by atoms with Crippen molar-refractivity contribution in [3.05, 3.63) is 30.1 Å². The van der Waals surface area contributed by atoms with Crippen LogP contribution < -0.4 is 5.32 Å². The molecule has 1 fully saturated rings. The van der Waals surface area contributed by atoms with Gasteiger partial charge in [0, 0.05) is 19.0 Å². The third-order valence-electron chi connectivity index (χ3n) is 4.05. The fourth-order valence-electron chi connectivity index (χ4n) is 2.86. The van der Waals surface area contributed by atoms with E-state index in [0.29, 0.717) is 18.4 Å². The van der Waals surface area contributed by atoms with Crippen LogP contribution in [0.2, 0.25) is 0 Å². The monoisotopic (exact) mass is 248 g/mol. The predicted octanol–water partition coefficient (Wildman–Crippen LogP) is 2.01. The van der Waals surface area contributed by atoms with E-state index in [1.165, 1.54) is 31.2 Å². The van der Waals surface area contributed by atoms with Crippen molar-refractivity contribution in [1.29, 1.82) is 0 Å². The Morgan fingerprint density at radius 3 is 2.61 bits per heavy atom. The number of hydrogen-bond acceptors (Lipinski definition) is 3. The Balaban J connectivity index is 1.65. The first-order valence-electron chi connectivity index (χ1n) is 7.10. The van der Waals surface area contributed by atoms with Crippen LogP contribution in [0.25, 0.3) is 0 Å². The average molecular weight is 248 g/mol. The summed E-state index contributed by atoms with van der Waals surface area (Å²) >= 11 is 0. The second-order valence-corrected chi connectivity index (χ2v) is 5.30. The summed E-state index contributed by atoms with van der Waals surface area (Å²) in [6.07, 6.45) is 9.84. The van der Waals surface area contributed by atoms with Gasteiger partial charge in [0.05, 0.1) is 0 Å². The number of aliphatic hydroxyl groups is 1. The van der Waals surface area contributed by atoms with Gasteiger partial charge in [0.15, 0.2) is 0 Å². The van der Waals surface area contributed by atoms with E-state index in [9.17, 15) is 5.11 Å². The van der Waals surface area contributed by atoms with Crippen LogP contribution in [0.15, 0.2) is 24.5 Å². The second kappa shape index (κ2) is 7.49. The molecule has 100 valence electrons. The highest BCUT2D eigenvalue weighted by Crippen LogP contribution is 2.28. The van der Waals surface area contributed by atoms with Crippen molar-refractivity contribution in [2.45, 2.75) is 32.1 Å². The molecule has 2 unspecified atom stereocenters. The number of rotatable bonds is 6. The Bertz CT molecular complexity index is 329. The van der Waals surface area contributed by atoms with Crippen molar-refractivity contribution in [1.82, 2.24) is 10.3 Å². The van der Waals surface area contributed by atoms with Crippen molar-refractivity contribution < 1.29 is 5.11 Å². The van der Waals surface area contributed by atoms with Gasteiger partial charge in [-0.2, -0.15) is 0 Å². The SMILES string of the molecule is OCC1CCCCC1CNCCc1ccncc1. The summed E-state index contributed by atoms with van der Waals surface area (Å²) in [4.78, 5) is 4.02. The molecule has 1 aliphatic carbocycles. The summed E-state index contributed by atoms with van der Waals surface area (Å²) in [5, 5.41) is 12.9. The number of nitrogens with zero attached hydrogens (tertiary/aromatic N) is 1. The molecule has 18 heavy (non-hydrogen) atoms. The lowest BCUT2D eigenvalue weighted by Crippen LogP contribution is -2.33. The molecule has 2 atom stereocenters. The van der Waals surface area contributed by atoms with Gasteiger partial charge >= 0.3 is 0 Å². The quantitative estimate of drug-likeness (QED) is 0.757. The average Bonchev–Trinajstić information content (AvgIpc) is 2.45. The lowest BCUT2D eigenvalue weighted by atomic mass is 9.79. The molecule has 3 heteroatoms. The van der Waals surface area contributed by atoms with Crippen molar-refractivity contribution >= 4 is 0 Å². The maximum Gasteiger partial charge on any atom is 0.0462 e. The van der Waals surface area contributed by atoms with Crippen LogP contribution in [0, 0.1) is 11.8 Å². The number of hydrogen-bond donors (Lipinski definition) is 2. The molecule has 0 amide bonds. The molecule has 1 heterocycles. The van der Waals surface area contributed by atoms with Crippen LogP contribution in [-0.2, 0) is 6.42 Å². The summed E-state index contributed by atoms with van der Waals surface area (Å²) in [7, 11) is 0. The summed E-state index contributed by atoms with van der Waals surface area (Å²) in [5.41, 5.74) is 1.33. The number of nitrogens with one attached hydrogen (secondary N) is 1. The minimum Gasteiger partial charge on any atom is -0.396 e. The van der Waals surface area contributed by atoms with Gasteiger partial charge in [0.25, 0.3) is 0 Å². The normalized spacial score (nSPS) is 24.1. The van der Waals surface area contributed by atoms with Gasteiger partial charge in [0.2, 0.25) is 0 Å². The van der Waals surface area contributed by atoms with E-state index in [-0.39, 0.29) is 0 Å². The van der Waals surface area contributed by atoms with E-state index < -0.39 is 0 Å². The van der Waals surface area contributed by atoms with E-state index in [0.717, 1.165) is 19.5 Å². The van der Waals surface area contributed by atoms with Crippen LogP contribution in [-0.4, -0.2) is 29.8 Å². The lowest BCUT2D eigenvalue weighted by molar-refractivity contribution is 0.133. The summed E-state index contributed by atoms with van der Waals surface area (Å²) in [6.45, 7) is 2.42. The van der Waals surface area contributed by atoms with Crippen LogP contribution in [0.1, 0.15) is 31.2 Å². The van der Waals surface area contributed by atoms with E-state index in [4.69, 9.17) is 0 Å². The molecule has 0 aromatic carbocycles. The number of aliphatic hydroxyl groups excluding tert-OH is 1. The summed E-state index contributed by atoms with van der Waals surface area (Å²) in [5.74, 6) is 1.19. The minimum absolute atomic E-state index is 0.358. The van der Waals surface area contributed by atoms with Crippen molar-refractivity contribution in [2.24, 2.45) is 11.8 Å². The molecule has 2 N–H and O–H groups in total. The molecule has 1 aromatic rings. The van der Waals surface area contributed by atoms with Gasteiger partial charge in [0.1, 0.15) is 0 Å². The molecule has 0 spiro atoms. The Labute approximate surface area is 110 Å². The molecule has 1 aromatic heterocycles. The zero-order valence-corrected chi connectivity index (χ0v) is 11.0. The largest absolute Gasteiger partial charge is 0.396 e. The zero-order valence-electron chi connectivity index (χ0n) is 11.0. The van der Waals surface area contributed by atoms with Crippen LogP contribution in [0.4, 0.5) is 0 Å². The highest BCUT2D eigenvalue weighted by atomic mass is 16.3. The van der Waals surface area contributed by atoms with E-state index in [2.05, 4.69) is 22.4 Å². The van der Waals surface area contributed by atoms with Crippen LogP contribution >= 0.6 is 0 Å². The maximum atomic E-state index is 9.36. The van der Waals surface area contributed by atoms with Gasteiger partial charge in [-0.05, 0) is 61.9 Å². The number of pyridine rings is 1. The first-order chi connectivity index (χ1) is 8.90. The molecule has 0 bridgehead atoms. The van der Waals surface area contributed by atoms with Crippen molar-refractivity contribution in [2.75, 3.05) is 19.7 Å². The highest BCUT2D eigenvalue weighted by Gasteiger charge is 2.23. The summed E-state index contributed by atoms with van der Waals surface area (Å²) in [6, 6.07) is 4.14. The van der Waals surface area contributed by atoms with Crippen LogP contribution in [0.3, 0.4) is 0 Å². The standard InChI is InChI=1S/C15H24N2O/c18-12-15-4-2-1-3-14(15)11-17-10-7-13-5-8-16-9-6-13/h5-6,8-9,14-15,17-18H,1-4,7,10-12H2. The van der Waals surface area contributed by atoms with Crippen molar-refractivity contribution in [3.63, 3.8) is 0 Å². The molecule has 1 aliphatic rings. The van der Waals surface area contributed by atoms with Gasteiger partial charge < -0.3 is 10.4 Å². The Hall–Kier alpha value is -0.930. The fourth-order valence-corrected chi connectivity index (χ4v) is 2.86. The van der Waals surface area contributed by atoms with Gasteiger partial charge in [-0.25, -0.2) is 0 Å². The lowest BCUT2D eigenvalue weighted by Gasteiger charge is -2.30. The highest BCUT2D eigenvalue weighted by molar-refractivity contribution is 5.09. The Morgan fingerprint density at radius 1 is 1.17 bits per heavy atom. The second-order valence-electron chi connectivity index (χ2n) is 5.30. The molecule has 0 radical (unpaired) electrons. The maximum absolute atomic E-state index is 9.36. The molecule has 0 saturated heterocycles. The third-order valence-corrected chi connectivity index (χ3v) is 4.05. The van der Waals surface area contributed by atoms with Gasteiger partial charge in [-0.3, -0.25) is 4.98 Å². The smallest absolute Gasteiger partial charge is 0.0462 e. The summed E-state index contributed by atoms with van der Waals surface area (Å²) < 4.78 is 0. The fraction of sp³-hybridized carbons (Fsp3) is 0.667. The molecule has 0 aliphatic heterocycles. The molecular weight excluding hydrogens is 224 g/mol. The van der Waals surface area contributed by atoms with Gasteiger partial charge in [-0.15, -0.1) is 0 Å². The van der Waals surface area contributed by atoms with Crippen molar-refractivity contribution in [3.8, 4) is 0 Å².